The molecule has 1 fully saturated rings. The van der Waals surface area contributed by atoms with Crippen molar-refractivity contribution >= 4 is 50.6 Å². The summed E-state index contributed by atoms with van der Waals surface area (Å²) in [5, 5.41) is 17.0. The lowest BCUT2D eigenvalue weighted by atomic mass is 10.1. The van der Waals surface area contributed by atoms with E-state index in [1.807, 2.05) is 35.7 Å². The molecule has 0 aliphatic heterocycles. The number of hydrogen-bond acceptors (Lipinski definition) is 7. The molecule has 2 heterocycles. The Morgan fingerprint density at radius 2 is 2.00 bits per heavy atom. The zero-order chi connectivity index (χ0) is 23.8. The molecule has 4 aromatic rings. The summed E-state index contributed by atoms with van der Waals surface area (Å²) in [7, 11) is 0. The first kappa shape index (κ1) is 22.3. The summed E-state index contributed by atoms with van der Waals surface area (Å²) in [6.07, 6.45) is 2.18. The highest BCUT2D eigenvalue weighted by Crippen LogP contribution is 2.44. The SMILES string of the molecule is Cc1c(NC(=O)CSc2nc3scc(C4CC4)c3c(=O)n2-c2ccccc2)cccc1[N+](=O)[O-]. The monoisotopic (exact) mass is 492 g/mol. The molecule has 172 valence electrons. The van der Waals surface area contributed by atoms with Gasteiger partial charge in [-0.25, -0.2) is 4.98 Å². The van der Waals surface area contributed by atoms with E-state index >= 15 is 0 Å². The number of thioether (sulfide) groups is 1. The number of rotatable bonds is 7. The minimum atomic E-state index is -0.478. The Morgan fingerprint density at radius 3 is 2.71 bits per heavy atom. The molecule has 1 saturated carbocycles. The van der Waals surface area contributed by atoms with E-state index < -0.39 is 4.92 Å². The van der Waals surface area contributed by atoms with Gasteiger partial charge in [-0.2, -0.15) is 0 Å². The van der Waals surface area contributed by atoms with Gasteiger partial charge in [-0.3, -0.25) is 24.3 Å². The van der Waals surface area contributed by atoms with Crippen LogP contribution in [0.3, 0.4) is 0 Å². The number of anilines is 1. The number of fused-ring (bicyclic) bond motifs is 1. The van der Waals surface area contributed by atoms with E-state index in [1.165, 1.54) is 23.5 Å². The summed E-state index contributed by atoms with van der Waals surface area (Å²) < 4.78 is 1.57. The van der Waals surface area contributed by atoms with Gasteiger partial charge in [0, 0.05) is 6.07 Å². The van der Waals surface area contributed by atoms with Crippen LogP contribution in [0, 0.1) is 17.0 Å². The lowest BCUT2D eigenvalue weighted by Crippen LogP contribution is -2.23. The molecule has 0 radical (unpaired) electrons. The summed E-state index contributed by atoms with van der Waals surface area (Å²) >= 11 is 2.62. The third-order valence-electron chi connectivity index (χ3n) is 5.75. The van der Waals surface area contributed by atoms with Crippen molar-refractivity contribution < 1.29 is 9.72 Å². The molecule has 10 heteroatoms. The van der Waals surface area contributed by atoms with Gasteiger partial charge in [-0.05, 0) is 54.8 Å². The van der Waals surface area contributed by atoms with Gasteiger partial charge in [-0.1, -0.05) is 36.0 Å². The van der Waals surface area contributed by atoms with Crippen molar-refractivity contribution in [3.8, 4) is 5.69 Å². The number of amides is 1. The van der Waals surface area contributed by atoms with E-state index in [0.717, 1.165) is 30.2 Å². The van der Waals surface area contributed by atoms with Gasteiger partial charge in [0.2, 0.25) is 5.91 Å². The number of nitrogens with zero attached hydrogens (tertiary/aromatic N) is 3. The van der Waals surface area contributed by atoms with Crippen LogP contribution >= 0.6 is 23.1 Å². The third kappa shape index (κ3) is 4.22. The highest BCUT2D eigenvalue weighted by molar-refractivity contribution is 7.99. The molecule has 2 aromatic carbocycles. The lowest BCUT2D eigenvalue weighted by molar-refractivity contribution is -0.385. The summed E-state index contributed by atoms with van der Waals surface area (Å²) in [6, 6.07) is 13.8. The smallest absolute Gasteiger partial charge is 0.274 e. The molecule has 1 aliphatic carbocycles. The average Bonchev–Trinajstić information content (AvgIpc) is 3.58. The zero-order valence-electron chi connectivity index (χ0n) is 18.2. The second-order valence-corrected chi connectivity index (χ2v) is 9.86. The van der Waals surface area contributed by atoms with E-state index in [-0.39, 0.29) is 22.9 Å². The fourth-order valence-electron chi connectivity index (χ4n) is 3.86. The topological polar surface area (TPSA) is 107 Å². The Labute approximate surface area is 202 Å². The molecule has 0 bridgehead atoms. The van der Waals surface area contributed by atoms with Crippen molar-refractivity contribution in [3.05, 3.63) is 85.5 Å². The number of carbonyl (C=O) groups excluding carboxylic acids is 1. The summed E-state index contributed by atoms with van der Waals surface area (Å²) in [4.78, 5) is 42.4. The van der Waals surface area contributed by atoms with Crippen LogP contribution in [0.15, 0.2) is 63.9 Å². The number of thiophene rings is 1. The fraction of sp³-hybridized carbons (Fsp3) is 0.208. The Bertz CT molecular complexity index is 1480. The second-order valence-electron chi connectivity index (χ2n) is 8.06. The quantitative estimate of drug-likeness (QED) is 0.163. The molecule has 1 N–H and O–H groups in total. The van der Waals surface area contributed by atoms with Gasteiger partial charge >= 0.3 is 0 Å². The van der Waals surface area contributed by atoms with Crippen LogP contribution in [0.4, 0.5) is 11.4 Å². The van der Waals surface area contributed by atoms with Crippen LogP contribution in [0.5, 0.6) is 0 Å². The fourth-order valence-corrected chi connectivity index (χ4v) is 5.74. The maximum absolute atomic E-state index is 13.6. The van der Waals surface area contributed by atoms with Gasteiger partial charge in [0.15, 0.2) is 5.16 Å². The summed E-state index contributed by atoms with van der Waals surface area (Å²) in [5.74, 6) is 0.0793. The molecule has 0 spiro atoms. The van der Waals surface area contributed by atoms with Crippen LogP contribution < -0.4 is 10.9 Å². The summed E-state index contributed by atoms with van der Waals surface area (Å²) in [6.45, 7) is 1.59. The highest BCUT2D eigenvalue weighted by Gasteiger charge is 2.29. The van der Waals surface area contributed by atoms with Crippen molar-refractivity contribution in [2.45, 2.75) is 30.8 Å². The molecule has 8 nitrogen and oxygen atoms in total. The van der Waals surface area contributed by atoms with Gasteiger partial charge in [0.25, 0.3) is 11.2 Å². The van der Waals surface area contributed by atoms with Crippen molar-refractivity contribution in [2.24, 2.45) is 0 Å². The van der Waals surface area contributed by atoms with Gasteiger partial charge < -0.3 is 5.32 Å². The Hall–Kier alpha value is -3.50. The van der Waals surface area contributed by atoms with Crippen molar-refractivity contribution in [1.29, 1.82) is 0 Å². The van der Waals surface area contributed by atoms with E-state index in [4.69, 9.17) is 4.98 Å². The molecule has 5 rings (SSSR count). The van der Waals surface area contributed by atoms with E-state index in [0.29, 0.717) is 38.2 Å². The minimum absolute atomic E-state index is 0.00618. The van der Waals surface area contributed by atoms with Crippen molar-refractivity contribution in [1.82, 2.24) is 9.55 Å². The minimum Gasteiger partial charge on any atom is -0.325 e. The molecule has 1 amide bonds. The molecule has 0 unspecified atom stereocenters. The molecular weight excluding hydrogens is 472 g/mol. The van der Waals surface area contributed by atoms with Crippen LogP contribution in [-0.4, -0.2) is 26.1 Å². The maximum Gasteiger partial charge on any atom is 0.274 e. The first-order chi connectivity index (χ1) is 16.4. The van der Waals surface area contributed by atoms with Crippen LogP contribution in [0.25, 0.3) is 15.9 Å². The first-order valence-corrected chi connectivity index (χ1v) is 12.6. The maximum atomic E-state index is 13.6. The second kappa shape index (κ2) is 9.03. The van der Waals surface area contributed by atoms with Gasteiger partial charge in [0.1, 0.15) is 4.83 Å². The standard InChI is InChI=1S/C24H20N4O4S2/c1-14-18(8-5-9-19(14)28(31)32)25-20(29)13-34-24-26-22-21(17(12-33-22)15-10-11-15)23(30)27(24)16-6-3-2-4-7-16/h2-9,12,15H,10-11,13H2,1H3,(H,25,29). The molecule has 1 aliphatic rings. The van der Waals surface area contributed by atoms with E-state index in [1.54, 1.807) is 17.6 Å². The number of hydrogen-bond donors (Lipinski definition) is 1. The largest absolute Gasteiger partial charge is 0.325 e. The molecular formula is C24H20N4O4S2. The number of para-hydroxylation sites is 1. The van der Waals surface area contributed by atoms with Gasteiger partial charge in [-0.15, -0.1) is 11.3 Å². The Kier molecular flexibility index (Phi) is 5.93. The van der Waals surface area contributed by atoms with Crippen LogP contribution in [0.2, 0.25) is 0 Å². The zero-order valence-corrected chi connectivity index (χ0v) is 19.8. The van der Waals surface area contributed by atoms with Crippen molar-refractivity contribution in [2.75, 3.05) is 11.1 Å². The normalized spacial score (nSPS) is 13.2. The lowest BCUT2D eigenvalue weighted by Gasteiger charge is -2.13. The van der Waals surface area contributed by atoms with Crippen LogP contribution in [0.1, 0.15) is 29.9 Å². The number of nitro benzene ring substituents is 1. The third-order valence-corrected chi connectivity index (χ3v) is 7.57. The predicted octanol–water partition coefficient (Wildman–Crippen LogP) is 5.27. The van der Waals surface area contributed by atoms with Crippen LogP contribution in [-0.2, 0) is 4.79 Å². The number of benzene rings is 2. The Balaban J connectivity index is 1.46. The number of nitro groups is 1. The highest BCUT2D eigenvalue weighted by atomic mass is 32.2. The number of aromatic nitrogens is 2. The van der Waals surface area contributed by atoms with Crippen molar-refractivity contribution in [3.63, 3.8) is 0 Å². The molecule has 0 saturated heterocycles. The van der Waals surface area contributed by atoms with E-state index in [2.05, 4.69) is 5.32 Å². The van der Waals surface area contributed by atoms with E-state index in [9.17, 15) is 19.7 Å². The number of carbonyl (C=O) groups is 1. The van der Waals surface area contributed by atoms with Gasteiger partial charge in [0.05, 0.1) is 33.0 Å². The molecule has 34 heavy (non-hydrogen) atoms. The first-order valence-electron chi connectivity index (χ1n) is 10.7. The Morgan fingerprint density at radius 1 is 1.24 bits per heavy atom. The predicted molar refractivity (Wildman–Crippen MR) is 134 cm³/mol. The molecule has 0 atom stereocenters. The summed E-state index contributed by atoms with van der Waals surface area (Å²) in [5.41, 5.74) is 2.34. The average molecular weight is 493 g/mol. The number of nitrogens with one attached hydrogen (secondary N) is 1. The molecule has 2 aromatic heterocycles.